The van der Waals surface area contributed by atoms with Crippen molar-refractivity contribution in [1.82, 2.24) is 15.5 Å². The summed E-state index contributed by atoms with van der Waals surface area (Å²) >= 11 is 0. The lowest BCUT2D eigenvalue weighted by molar-refractivity contribution is -0.151. The predicted molar refractivity (Wildman–Crippen MR) is 63.5 cm³/mol. The molecule has 0 bridgehead atoms. The van der Waals surface area contributed by atoms with E-state index >= 15 is 0 Å². The minimum absolute atomic E-state index is 0.0253. The largest absolute Gasteiger partial charge is 0.357 e. The second-order valence-corrected chi connectivity index (χ2v) is 4.78. The summed E-state index contributed by atoms with van der Waals surface area (Å²) in [5, 5.41) is 7.01. The van der Waals surface area contributed by atoms with Crippen molar-refractivity contribution < 1.29 is 9.59 Å². The van der Waals surface area contributed by atoms with E-state index < -0.39 is 5.54 Å². The molecule has 2 rings (SSSR count). The topological polar surface area (TPSA) is 63.5 Å². The van der Waals surface area contributed by atoms with Crippen LogP contribution in [0.2, 0.25) is 0 Å². The molecule has 1 radical (unpaired) electrons. The average molecular weight is 238 g/mol. The molecule has 2 amide bonds. The molecule has 0 aromatic carbocycles. The van der Waals surface area contributed by atoms with E-state index in [0.717, 1.165) is 12.8 Å². The Balaban J connectivity index is 2.24. The number of hydrogen-bond acceptors (Lipinski definition) is 2. The maximum atomic E-state index is 12.2. The molecule has 2 saturated heterocycles. The van der Waals surface area contributed by atoms with Crippen LogP contribution in [0.1, 0.15) is 32.1 Å². The number of nitrogens with one attached hydrogen (secondary N) is 1. The second-order valence-electron chi connectivity index (χ2n) is 4.78. The highest BCUT2D eigenvalue weighted by Crippen LogP contribution is 2.30. The van der Waals surface area contributed by atoms with Gasteiger partial charge in [-0.05, 0) is 25.7 Å². The zero-order valence-electron chi connectivity index (χ0n) is 10.4. The van der Waals surface area contributed by atoms with Crippen molar-refractivity contribution in [2.45, 2.75) is 37.6 Å². The number of nitrogens with zero attached hydrogens (tertiary/aromatic N) is 2. The number of rotatable bonds is 2. The number of likely N-dealkylation sites (N-methyl/N-ethyl adjacent to an activating group) is 1. The fourth-order valence-corrected chi connectivity index (χ4v) is 2.88. The molecule has 0 saturated carbocycles. The summed E-state index contributed by atoms with van der Waals surface area (Å²) in [5.74, 6) is 0.101. The average Bonchev–Trinajstić information content (AvgIpc) is 2.39. The predicted octanol–water partition coefficient (Wildman–Crippen LogP) is -0.118. The Kier molecular flexibility index (Phi) is 3.66. The van der Waals surface area contributed by atoms with Crippen molar-refractivity contribution in [2.75, 3.05) is 26.7 Å². The van der Waals surface area contributed by atoms with E-state index in [1.165, 1.54) is 0 Å². The van der Waals surface area contributed by atoms with Crippen molar-refractivity contribution >= 4 is 11.8 Å². The van der Waals surface area contributed by atoms with Crippen LogP contribution in [-0.4, -0.2) is 48.9 Å². The quantitative estimate of drug-likeness (QED) is 0.729. The van der Waals surface area contributed by atoms with Gasteiger partial charge in [0.15, 0.2) is 0 Å². The Bertz CT molecular complexity index is 311. The molecule has 0 atom stereocenters. The first-order chi connectivity index (χ1) is 8.20. The number of likely N-dealkylation sites (tertiary alicyclic amines) is 1. The monoisotopic (exact) mass is 238 g/mol. The first-order valence-corrected chi connectivity index (χ1v) is 6.36. The molecule has 0 unspecified atom stereocenters. The summed E-state index contributed by atoms with van der Waals surface area (Å²) in [4.78, 5) is 26.0. The smallest absolute Gasteiger partial charge is 0.245 e. The summed E-state index contributed by atoms with van der Waals surface area (Å²) in [6.07, 6.45) is 3.86. The number of piperidine rings is 2. The third-order valence-electron chi connectivity index (χ3n) is 3.86. The van der Waals surface area contributed by atoms with Crippen LogP contribution in [0.15, 0.2) is 0 Å². The summed E-state index contributed by atoms with van der Waals surface area (Å²) in [5.41, 5.74) is -0.631. The Labute approximate surface area is 102 Å². The molecule has 2 aliphatic rings. The zero-order chi connectivity index (χ0) is 12.3. The molecule has 0 spiro atoms. The summed E-state index contributed by atoms with van der Waals surface area (Å²) in [6.45, 7) is 2.07. The van der Waals surface area contributed by atoms with Crippen molar-refractivity contribution in [3.8, 4) is 0 Å². The van der Waals surface area contributed by atoms with Gasteiger partial charge in [-0.2, -0.15) is 0 Å². The van der Waals surface area contributed by atoms with Gasteiger partial charge >= 0.3 is 0 Å². The molecular weight excluding hydrogens is 218 g/mol. The van der Waals surface area contributed by atoms with Crippen LogP contribution < -0.4 is 10.6 Å². The first kappa shape index (κ1) is 12.4. The highest BCUT2D eigenvalue weighted by atomic mass is 16.2. The van der Waals surface area contributed by atoms with Gasteiger partial charge in [-0.25, -0.2) is 5.32 Å². The third-order valence-corrected chi connectivity index (χ3v) is 3.86. The van der Waals surface area contributed by atoms with E-state index in [1.807, 2.05) is 4.90 Å². The van der Waals surface area contributed by atoms with E-state index in [0.29, 0.717) is 38.9 Å². The standard InChI is InChI=1S/C12H20N3O2/c1-13-11(17)12(5-7-14-8-6-12)15-9-3-2-4-10(15)16/h2-9H2,1H3,(H,13,17). The molecule has 95 valence electrons. The Morgan fingerprint density at radius 3 is 2.65 bits per heavy atom. The molecule has 5 nitrogen and oxygen atoms in total. The Hall–Kier alpha value is -1.10. The lowest BCUT2D eigenvalue weighted by atomic mass is 9.83. The Morgan fingerprint density at radius 1 is 1.35 bits per heavy atom. The lowest BCUT2D eigenvalue weighted by Crippen LogP contribution is -2.64. The number of hydrogen-bond donors (Lipinski definition) is 1. The van der Waals surface area contributed by atoms with Crippen LogP contribution in [0, 0.1) is 0 Å². The van der Waals surface area contributed by atoms with Gasteiger partial charge in [-0.1, -0.05) is 0 Å². The van der Waals surface area contributed by atoms with Gasteiger partial charge in [-0.15, -0.1) is 0 Å². The molecule has 0 aromatic heterocycles. The second kappa shape index (κ2) is 5.04. The highest BCUT2D eigenvalue weighted by Gasteiger charge is 2.47. The molecule has 2 heterocycles. The van der Waals surface area contributed by atoms with Crippen LogP contribution in [0.25, 0.3) is 0 Å². The van der Waals surface area contributed by atoms with Gasteiger partial charge in [0.25, 0.3) is 0 Å². The molecule has 1 N–H and O–H groups in total. The molecule has 5 heteroatoms. The van der Waals surface area contributed by atoms with Gasteiger partial charge in [0.1, 0.15) is 5.54 Å². The van der Waals surface area contributed by atoms with Crippen molar-refractivity contribution in [2.24, 2.45) is 0 Å². The zero-order valence-corrected chi connectivity index (χ0v) is 10.4. The fraction of sp³-hybridized carbons (Fsp3) is 0.833. The van der Waals surface area contributed by atoms with E-state index in [2.05, 4.69) is 10.6 Å². The first-order valence-electron chi connectivity index (χ1n) is 6.36. The molecular formula is C12H20N3O2. The number of carbonyl (C=O) groups excluding carboxylic acids is 2. The van der Waals surface area contributed by atoms with Gasteiger partial charge < -0.3 is 10.2 Å². The molecule has 17 heavy (non-hydrogen) atoms. The summed E-state index contributed by atoms with van der Waals surface area (Å²) in [7, 11) is 1.64. The third kappa shape index (κ3) is 2.16. The minimum Gasteiger partial charge on any atom is -0.357 e. The van der Waals surface area contributed by atoms with Gasteiger partial charge in [0.2, 0.25) is 11.8 Å². The van der Waals surface area contributed by atoms with E-state index in [1.54, 1.807) is 7.05 Å². The van der Waals surface area contributed by atoms with Crippen molar-refractivity contribution in [3.63, 3.8) is 0 Å². The SMILES string of the molecule is CNC(=O)C1(N2CCCCC2=O)CC[N]CC1. The van der Waals surface area contributed by atoms with Crippen molar-refractivity contribution in [1.29, 1.82) is 0 Å². The minimum atomic E-state index is -0.631. The van der Waals surface area contributed by atoms with E-state index in [4.69, 9.17) is 0 Å². The van der Waals surface area contributed by atoms with Crippen LogP contribution in [0.5, 0.6) is 0 Å². The highest BCUT2D eigenvalue weighted by molar-refractivity contribution is 5.91. The Morgan fingerprint density at radius 2 is 2.06 bits per heavy atom. The molecule has 0 aromatic rings. The van der Waals surface area contributed by atoms with Gasteiger partial charge in [0.05, 0.1) is 0 Å². The van der Waals surface area contributed by atoms with E-state index in [9.17, 15) is 9.59 Å². The maximum absolute atomic E-state index is 12.2. The van der Waals surface area contributed by atoms with Crippen molar-refractivity contribution in [3.05, 3.63) is 0 Å². The summed E-state index contributed by atoms with van der Waals surface area (Å²) < 4.78 is 0. The van der Waals surface area contributed by atoms with Crippen LogP contribution in [0.3, 0.4) is 0 Å². The number of amides is 2. The van der Waals surface area contributed by atoms with Crippen LogP contribution in [-0.2, 0) is 9.59 Å². The molecule has 2 fully saturated rings. The normalized spacial score (nSPS) is 24.5. The van der Waals surface area contributed by atoms with Gasteiger partial charge in [-0.3, -0.25) is 9.59 Å². The molecule has 0 aliphatic carbocycles. The number of carbonyl (C=O) groups is 2. The van der Waals surface area contributed by atoms with Gasteiger partial charge in [0, 0.05) is 33.1 Å². The molecule has 2 aliphatic heterocycles. The van der Waals surface area contributed by atoms with Crippen LogP contribution in [0.4, 0.5) is 0 Å². The maximum Gasteiger partial charge on any atom is 0.245 e. The summed E-state index contributed by atoms with van der Waals surface area (Å²) in [6, 6.07) is 0. The van der Waals surface area contributed by atoms with Crippen LogP contribution >= 0.6 is 0 Å². The fourth-order valence-electron chi connectivity index (χ4n) is 2.88. The van der Waals surface area contributed by atoms with E-state index in [-0.39, 0.29) is 11.8 Å². The lowest BCUT2D eigenvalue weighted by Gasteiger charge is -2.46.